The second-order valence-electron chi connectivity index (χ2n) is 11.8. The lowest BCUT2D eigenvalue weighted by atomic mass is 9.80. The first-order valence-electron chi connectivity index (χ1n) is 13.4. The minimum absolute atomic E-state index is 0.0432. The van der Waals surface area contributed by atoms with Crippen LogP contribution in [-0.4, -0.2) is 44.1 Å². The Morgan fingerprint density at radius 3 is 2.20 bits per heavy atom. The maximum Gasteiger partial charge on any atom is 0.409 e. The summed E-state index contributed by atoms with van der Waals surface area (Å²) in [7, 11) is -2.76. The van der Waals surface area contributed by atoms with Crippen LogP contribution in [0.2, 0.25) is 0 Å². The van der Waals surface area contributed by atoms with Gasteiger partial charge in [0.2, 0.25) is 10.0 Å². The second-order valence-corrected chi connectivity index (χ2v) is 13.5. The number of hydrogen-bond acceptors (Lipinski definition) is 7. The number of ether oxygens (including phenoxy) is 2. The van der Waals surface area contributed by atoms with Gasteiger partial charge in [0, 0.05) is 12.8 Å². The summed E-state index contributed by atoms with van der Waals surface area (Å²) in [6.45, 7) is 9.19. The molecule has 0 aliphatic rings. The predicted octanol–water partition coefficient (Wildman–Crippen LogP) is 5.30. The van der Waals surface area contributed by atoms with Crippen molar-refractivity contribution in [2.75, 3.05) is 7.11 Å². The van der Waals surface area contributed by atoms with Crippen molar-refractivity contribution in [3.8, 4) is 11.8 Å². The van der Waals surface area contributed by atoms with Gasteiger partial charge in [0.25, 0.3) is 0 Å². The molecule has 0 aromatic heterocycles. The summed E-state index contributed by atoms with van der Waals surface area (Å²) in [5.74, 6) is 0.486. The van der Waals surface area contributed by atoms with Crippen LogP contribution in [0.5, 0.6) is 5.75 Å². The number of benzene rings is 2. The molecule has 0 spiro atoms. The number of alkyl carbamates (subject to hydrolysis) is 1. The third-order valence-electron chi connectivity index (χ3n) is 6.54. The number of methoxy groups -OCH3 is 1. The molecule has 0 aliphatic carbocycles. The van der Waals surface area contributed by atoms with Crippen LogP contribution in [0.25, 0.3) is 0 Å². The van der Waals surface area contributed by atoms with Gasteiger partial charge in [0.1, 0.15) is 17.0 Å². The van der Waals surface area contributed by atoms with Crippen LogP contribution in [0.3, 0.4) is 0 Å². The van der Waals surface area contributed by atoms with Crippen LogP contribution in [-0.2, 0) is 21.2 Å². The Kier molecular flexibility index (Phi) is 11.6. The van der Waals surface area contributed by atoms with Gasteiger partial charge in [-0.25, -0.2) is 13.2 Å². The number of sulfonamides is 1. The highest BCUT2D eigenvalue weighted by Crippen LogP contribution is 2.32. The maximum absolute atomic E-state index is 13.7. The van der Waals surface area contributed by atoms with E-state index in [4.69, 9.17) is 14.7 Å². The first-order valence-corrected chi connectivity index (χ1v) is 14.9. The molecule has 0 fully saturated rings. The molecule has 220 valence electrons. The minimum Gasteiger partial charge on any atom is -0.497 e. The molecule has 9 nitrogen and oxygen atoms in total. The van der Waals surface area contributed by atoms with Gasteiger partial charge in [0.05, 0.1) is 24.2 Å². The fourth-order valence-electron chi connectivity index (χ4n) is 4.38. The average Bonchev–Trinajstić information content (AvgIpc) is 2.86. The molecule has 0 heterocycles. The Balaban J connectivity index is 2.54. The lowest BCUT2D eigenvalue weighted by Gasteiger charge is -2.40. The monoisotopic (exact) mass is 573 g/mol. The molecule has 10 heteroatoms. The normalized spacial score (nSPS) is 14.4. The second kappa shape index (κ2) is 14.0. The van der Waals surface area contributed by atoms with Gasteiger partial charge in [-0.2, -0.15) is 9.98 Å². The van der Waals surface area contributed by atoms with Crippen molar-refractivity contribution in [2.45, 2.75) is 95.4 Å². The standard InChI is InChI=1S/C30H43N3O6S/c1-28(2,3)39-27(35)32-30(22-23-12-8-7-9-13-23,26(34)18-20-29(4,5)19-10-11-21-31)33-40(36,37)25-16-14-24(38-6)15-17-25/h7-9,12-17,26,33-34H,10-11,18-20,22H2,1-6H3,(H,32,35). The number of carbonyl (C=O) groups excluding carboxylic acids is 1. The van der Waals surface area contributed by atoms with Gasteiger partial charge in [0.15, 0.2) is 0 Å². The quantitative estimate of drug-likeness (QED) is 0.206. The summed E-state index contributed by atoms with van der Waals surface area (Å²) in [5, 5.41) is 23.3. The molecular weight excluding hydrogens is 530 g/mol. The number of nitrogens with one attached hydrogen (secondary N) is 2. The molecular formula is C30H43N3O6S. The third-order valence-corrected chi connectivity index (χ3v) is 8.07. The van der Waals surface area contributed by atoms with Crippen LogP contribution in [0.4, 0.5) is 4.79 Å². The number of aliphatic hydroxyl groups is 1. The van der Waals surface area contributed by atoms with E-state index in [0.29, 0.717) is 24.2 Å². The predicted molar refractivity (Wildman–Crippen MR) is 154 cm³/mol. The summed E-state index contributed by atoms with van der Waals surface area (Å²) in [5.41, 5.74) is -2.23. The molecule has 0 saturated heterocycles. The van der Waals surface area contributed by atoms with Crippen molar-refractivity contribution in [3.63, 3.8) is 0 Å². The number of unbranched alkanes of at least 4 members (excludes halogenated alkanes) is 1. The minimum atomic E-state index is -4.24. The zero-order chi connectivity index (χ0) is 30.0. The third kappa shape index (κ3) is 10.5. The summed E-state index contributed by atoms with van der Waals surface area (Å²) in [6.07, 6.45) is 0.371. The van der Waals surface area contributed by atoms with Crippen molar-refractivity contribution in [2.24, 2.45) is 5.41 Å². The van der Waals surface area contributed by atoms with Crippen molar-refractivity contribution in [1.82, 2.24) is 10.0 Å². The molecule has 2 unspecified atom stereocenters. The molecule has 0 bridgehead atoms. The zero-order valence-electron chi connectivity index (χ0n) is 24.4. The Hall–Kier alpha value is -3.13. The number of amides is 1. The number of rotatable bonds is 14. The Morgan fingerprint density at radius 2 is 1.65 bits per heavy atom. The molecule has 3 N–H and O–H groups in total. The van der Waals surface area contributed by atoms with Crippen LogP contribution in [0.1, 0.15) is 72.3 Å². The fourth-order valence-corrected chi connectivity index (χ4v) is 5.73. The zero-order valence-corrected chi connectivity index (χ0v) is 25.2. The lowest BCUT2D eigenvalue weighted by Crippen LogP contribution is -2.68. The smallest absolute Gasteiger partial charge is 0.409 e. The fraction of sp³-hybridized carbons (Fsp3) is 0.533. The van der Waals surface area contributed by atoms with Crippen LogP contribution in [0.15, 0.2) is 59.5 Å². The molecule has 1 amide bonds. The van der Waals surface area contributed by atoms with Crippen LogP contribution in [0, 0.1) is 16.7 Å². The van der Waals surface area contributed by atoms with E-state index in [2.05, 4.69) is 16.1 Å². The lowest BCUT2D eigenvalue weighted by molar-refractivity contribution is 0.00955. The number of nitrogens with zero attached hydrogens (tertiary/aromatic N) is 1. The van der Waals surface area contributed by atoms with E-state index in [9.17, 15) is 18.3 Å². The SMILES string of the molecule is COc1ccc(S(=O)(=O)NC(Cc2ccccc2)(NC(=O)OC(C)(C)C)C(O)CCC(C)(C)CCCC#N)cc1. The van der Waals surface area contributed by atoms with E-state index in [-0.39, 0.29) is 23.2 Å². The van der Waals surface area contributed by atoms with Gasteiger partial charge >= 0.3 is 6.09 Å². The Bertz CT molecular complexity index is 1230. The molecule has 0 radical (unpaired) electrons. The molecule has 0 saturated carbocycles. The van der Waals surface area contributed by atoms with Gasteiger partial charge in [-0.15, -0.1) is 0 Å². The van der Waals surface area contributed by atoms with E-state index >= 15 is 0 Å². The van der Waals surface area contributed by atoms with Crippen molar-refractivity contribution < 1.29 is 27.8 Å². The molecule has 2 aromatic rings. The number of carbonyl (C=O) groups is 1. The van der Waals surface area contributed by atoms with Crippen LogP contribution < -0.4 is 14.8 Å². The summed E-state index contributed by atoms with van der Waals surface area (Å²) >= 11 is 0. The molecule has 2 rings (SSSR count). The van der Waals surface area contributed by atoms with Gasteiger partial charge < -0.3 is 14.6 Å². The van der Waals surface area contributed by atoms with Crippen molar-refractivity contribution in [1.29, 1.82) is 5.26 Å². The largest absolute Gasteiger partial charge is 0.497 e. The molecule has 2 aromatic carbocycles. The Labute approximate surface area is 238 Å². The highest BCUT2D eigenvalue weighted by atomic mass is 32.2. The van der Waals surface area contributed by atoms with Gasteiger partial charge in [-0.05, 0) is 81.7 Å². The summed E-state index contributed by atoms with van der Waals surface area (Å²) < 4.78 is 40.7. The average molecular weight is 574 g/mol. The molecule has 2 atom stereocenters. The molecule has 40 heavy (non-hydrogen) atoms. The number of nitriles is 1. The number of hydrogen-bond donors (Lipinski definition) is 3. The van der Waals surface area contributed by atoms with E-state index in [0.717, 1.165) is 12.8 Å². The first-order chi connectivity index (χ1) is 18.6. The number of aliphatic hydroxyl groups excluding tert-OH is 1. The van der Waals surface area contributed by atoms with E-state index < -0.39 is 33.5 Å². The summed E-state index contributed by atoms with van der Waals surface area (Å²) in [6, 6.07) is 17.0. The summed E-state index contributed by atoms with van der Waals surface area (Å²) in [4.78, 5) is 13.1. The van der Waals surface area contributed by atoms with Crippen molar-refractivity contribution in [3.05, 3.63) is 60.2 Å². The highest BCUT2D eigenvalue weighted by Gasteiger charge is 2.44. The van der Waals surface area contributed by atoms with Gasteiger partial charge in [-0.3, -0.25) is 5.32 Å². The highest BCUT2D eigenvalue weighted by molar-refractivity contribution is 7.89. The van der Waals surface area contributed by atoms with Crippen molar-refractivity contribution >= 4 is 16.1 Å². The maximum atomic E-state index is 13.7. The van der Waals surface area contributed by atoms with Gasteiger partial charge in [-0.1, -0.05) is 44.2 Å². The van der Waals surface area contributed by atoms with E-state index in [1.807, 2.05) is 19.9 Å². The van der Waals surface area contributed by atoms with E-state index in [1.165, 1.54) is 31.4 Å². The first kappa shape index (κ1) is 33.1. The Morgan fingerprint density at radius 1 is 1.02 bits per heavy atom. The van der Waals surface area contributed by atoms with E-state index in [1.54, 1.807) is 45.0 Å². The van der Waals surface area contributed by atoms with Crippen LogP contribution >= 0.6 is 0 Å². The molecule has 0 aliphatic heterocycles. The topological polar surface area (TPSA) is 138 Å².